The first-order valence-corrected chi connectivity index (χ1v) is 9.93. The Morgan fingerprint density at radius 3 is 2.67 bits per heavy atom. The summed E-state index contributed by atoms with van der Waals surface area (Å²) in [5, 5.41) is 0. The van der Waals surface area contributed by atoms with E-state index in [1.165, 1.54) is 11.9 Å². The summed E-state index contributed by atoms with van der Waals surface area (Å²) >= 11 is 0. The lowest BCUT2D eigenvalue weighted by Crippen LogP contribution is -2.56. The maximum Gasteiger partial charge on any atom is 0.187 e. The van der Waals surface area contributed by atoms with Gasteiger partial charge in [-0.05, 0) is 30.9 Å². The third-order valence-corrected chi connectivity index (χ3v) is 5.63. The van der Waals surface area contributed by atoms with Gasteiger partial charge >= 0.3 is 0 Å². The number of aryl methyl sites for hydroxylation is 2. The van der Waals surface area contributed by atoms with Crippen LogP contribution in [0.5, 0.6) is 0 Å². The lowest BCUT2D eigenvalue weighted by molar-refractivity contribution is 0.185. The van der Waals surface area contributed by atoms with Gasteiger partial charge in [-0.2, -0.15) is 0 Å². The Bertz CT molecular complexity index is 749. The van der Waals surface area contributed by atoms with Crippen LogP contribution in [0, 0.1) is 18.7 Å². The predicted octanol–water partition coefficient (Wildman–Crippen LogP) is 3.62. The summed E-state index contributed by atoms with van der Waals surface area (Å²) in [6.07, 6.45) is 5.08. The van der Waals surface area contributed by atoms with E-state index >= 15 is 0 Å². The Balaban J connectivity index is 1.80. The van der Waals surface area contributed by atoms with Gasteiger partial charge in [-0.25, -0.2) is 14.4 Å². The molecule has 0 radical (unpaired) electrons. The van der Waals surface area contributed by atoms with Gasteiger partial charge < -0.3 is 4.90 Å². The standard InChI is InChI=1S/C21H30FN5/c1-5-15(3)19-13-26(12-17-8-7-16(4)23-11-17)9-10-27(19)21-20(22)18(6-2)24-14-25-21/h7-8,11,14-15,19H,5-6,9-10,12-13H2,1-4H3. The molecule has 27 heavy (non-hydrogen) atoms. The Kier molecular flexibility index (Phi) is 6.37. The predicted molar refractivity (Wildman–Crippen MR) is 106 cm³/mol. The molecule has 0 amide bonds. The summed E-state index contributed by atoms with van der Waals surface area (Å²) < 4.78 is 14.9. The lowest BCUT2D eigenvalue weighted by Gasteiger charge is -2.44. The molecule has 6 heteroatoms. The van der Waals surface area contributed by atoms with Crippen molar-refractivity contribution in [2.75, 3.05) is 24.5 Å². The molecule has 0 bridgehead atoms. The zero-order valence-electron chi connectivity index (χ0n) is 16.8. The second kappa shape index (κ2) is 8.74. The number of anilines is 1. The molecular formula is C21H30FN5. The molecule has 2 atom stereocenters. The van der Waals surface area contributed by atoms with Crippen molar-refractivity contribution in [3.63, 3.8) is 0 Å². The molecule has 2 aromatic rings. The lowest BCUT2D eigenvalue weighted by atomic mass is 9.94. The minimum atomic E-state index is -0.260. The van der Waals surface area contributed by atoms with Crippen molar-refractivity contribution in [1.29, 1.82) is 0 Å². The summed E-state index contributed by atoms with van der Waals surface area (Å²) in [6, 6.07) is 4.43. The summed E-state index contributed by atoms with van der Waals surface area (Å²) in [4.78, 5) is 17.4. The zero-order chi connectivity index (χ0) is 19.4. The minimum absolute atomic E-state index is 0.233. The van der Waals surface area contributed by atoms with Crippen molar-refractivity contribution < 1.29 is 4.39 Å². The number of aromatic nitrogens is 3. The zero-order valence-corrected chi connectivity index (χ0v) is 16.8. The second-order valence-electron chi connectivity index (χ2n) is 7.50. The van der Waals surface area contributed by atoms with E-state index in [0.29, 0.717) is 23.9 Å². The third-order valence-electron chi connectivity index (χ3n) is 5.63. The van der Waals surface area contributed by atoms with Gasteiger partial charge in [0.2, 0.25) is 0 Å². The van der Waals surface area contributed by atoms with Crippen LogP contribution in [0.4, 0.5) is 10.2 Å². The van der Waals surface area contributed by atoms with Gasteiger partial charge in [0.05, 0.1) is 5.69 Å². The Morgan fingerprint density at radius 1 is 1.19 bits per heavy atom. The van der Waals surface area contributed by atoms with Crippen LogP contribution in [0.1, 0.15) is 44.1 Å². The molecule has 1 fully saturated rings. The van der Waals surface area contributed by atoms with Crippen molar-refractivity contribution >= 4 is 5.82 Å². The Labute approximate surface area is 161 Å². The fraction of sp³-hybridized carbons (Fsp3) is 0.571. The van der Waals surface area contributed by atoms with Crippen LogP contribution < -0.4 is 4.90 Å². The first-order valence-electron chi connectivity index (χ1n) is 9.93. The van der Waals surface area contributed by atoms with Crippen LogP contribution >= 0.6 is 0 Å². The number of halogens is 1. The topological polar surface area (TPSA) is 45.2 Å². The SMILES string of the molecule is CCc1ncnc(N2CCN(Cc3ccc(C)nc3)CC2C(C)CC)c1F. The van der Waals surface area contributed by atoms with Gasteiger partial charge in [0.15, 0.2) is 11.6 Å². The molecular weight excluding hydrogens is 341 g/mol. The quantitative estimate of drug-likeness (QED) is 0.776. The number of nitrogens with zero attached hydrogens (tertiary/aromatic N) is 5. The molecule has 3 heterocycles. The van der Waals surface area contributed by atoms with E-state index < -0.39 is 0 Å². The van der Waals surface area contributed by atoms with E-state index in [2.05, 4.69) is 50.7 Å². The summed E-state index contributed by atoms with van der Waals surface area (Å²) in [6.45, 7) is 11.8. The molecule has 0 aromatic carbocycles. The van der Waals surface area contributed by atoms with Crippen LogP contribution in [-0.2, 0) is 13.0 Å². The Hall–Kier alpha value is -2.08. The van der Waals surface area contributed by atoms with Crippen molar-refractivity contribution in [3.05, 3.63) is 47.4 Å². The van der Waals surface area contributed by atoms with Gasteiger partial charge in [-0.3, -0.25) is 9.88 Å². The van der Waals surface area contributed by atoms with Crippen molar-refractivity contribution in [2.24, 2.45) is 5.92 Å². The number of pyridine rings is 1. The highest BCUT2D eigenvalue weighted by Gasteiger charge is 2.33. The molecule has 3 rings (SSSR count). The maximum absolute atomic E-state index is 14.9. The number of hydrogen-bond donors (Lipinski definition) is 0. The van der Waals surface area contributed by atoms with E-state index in [1.54, 1.807) is 0 Å². The van der Waals surface area contributed by atoms with Crippen molar-refractivity contribution in [3.8, 4) is 0 Å². The first-order chi connectivity index (χ1) is 13.0. The molecule has 1 aliphatic rings. The molecule has 0 saturated carbocycles. The molecule has 2 aromatic heterocycles. The summed E-state index contributed by atoms with van der Waals surface area (Å²) in [5.74, 6) is 0.650. The van der Waals surface area contributed by atoms with Crippen LogP contribution in [0.25, 0.3) is 0 Å². The Morgan fingerprint density at radius 2 is 2.00 bits per heavy atom. The van der Waals surface area contributed by atoms with Gasteiger partial charge in [-0.15, -0.1) is 0 Å². The van der Waals surface area contributed by atoms with Gasteiger partial charge in [-0.1, -0.05) is 33.3 Å². The maximum atomic E-state index is 14.9. The number of hydrogen-bond acceptors (Lipinski definition) is 5. The molecule has 1 aliphatic heterocycles. The molecule has 0 spiro atoms. The third kappa shape index (κ3) is 4.43. The highest BCUT2D eigenvalue weighted by atomic mass is 19.1. The normalized spacial score (nSPS) is 19.3. The van der Waals surface area contributed by atoms with E-state index in [-0.39, 0.29) is 11.9 Å². The summed E-state index contributed by atoms with van der Waals surface area (Å²) in [5.41, 5.74) is 2.75. The van der Waals surface area contributed by atoms with E-state index in [1.807, 2.05) is 20.0 Å². The highest BCUT2D eigenvalue weighted by molar-refractivity contribution is 5.43. The van der Waals surface area contributed by atoms with Crippen LogP contribution in [0.2, 0.25) is 0 Å². The van der Waals surface area contributed by atoms with Crippen LogP contribution in [-0.4, -0.2) is 45.5 Å². The van der Waals surface area contributed by atoms with Crippen LogP contribution in [0.3, 0.4) is 0 Å². The average Bonchev–Trinajstić information content (AvgIpc) is 2.69. The fourth-order valence-corrected chi connectivity index (χ4v) is 3.73. The van der Waals surface area contributed by atoms with Crippen LogP contribution in [0.15, 0.2) is 24.7 Å². The fourth-order valence-electron chi connectivity index (χ4n) is 3.73. The first kappa shape index (κ1) is 19.7. The highest BCUT2D eigenvalue weighted by Crippen LogP contribution is 2.28. The number of rotatable bonds is 6. The summed E-state index contributed by atoms with van der Waals surface area (Å²) in [7, 11) is 0. The molecule has 2 unspecified atom stereocenters. The van der Waals surface area contributed by atoms with Crippen molar-refractivity contribution in [1.82, 2.24) is 19.9 Å². The monoisotopic (exact) mass is 371 g/mol. The molecule has 0 aliphatic carbocycles. The smallest absolute Gasteiger partial charge is 0.187 e. The minimum Gasteiger partial charge on any atom is -0.348 e. The van der Waals surface area contributed by atoms with Crippen molar-refractivity contribution in [2.45, 2.75) is 53.1 Å². The second-order valence-corrected chi connectivity index (χ2v) is 7.50. The van der Waals surface area contributed by atoms with Gasteiger partial charge in [0, 0.05) is 44.1 Å². The number of piperazine rings is 1. The molecule has 1 saturated heterocycles. The van der Waals surface area contributed by atoms with E-state index in [4.69, 9.17) is 0 Å². The molecule has 146 valence electrons. The molecule has 5 nitrogen and oxygen atoms in total. The van der Waals surface area contributed by atoms with E-state index in [0.717, 1.165) is 38.3 Å². The largest absolute Gasteiger partial charge is 0.348 e. The van der Waals surface area contributed by atoms with E-state index in [9.17, 15) is 4.39 Å². The van der Waals surface area contributed by atoms with Gasteiger partial charge in [0.1, 0.15) is 6.33 Å². The average molecular weight is 372 g/mol. The van der Waals surface area contributed by atoms with Gasteiger partial charge in [0.25, 0.3) is 0 Å². The molecule has 0 N–H and O–H groups in total.